The van der Waals surface area contributed by atoms with Gasteiger partial charge in [0, 0.05) is 0 Å². The Labute approximate surface area is 100 Å². The molecule has 0 heterocycles. The Bertz CT molecular complexity index is 286. The molecule has 1 rings (SSSR count). The Morgan fingerprint density at radius 1 is 1.47 bits per heavy atom. The van der Waals surface area contributed by atoms with Gasteiger partial charge in [0.15, 0.2) is 5.75 Å². The first-order valence-corrected chi connectivity index (χ1v) is 6.53. The summed E-state index contributed by atoms with van der Waals surface area (Å²) < 4.78 is 5.54. The van der Waals surface area contributed by atoms with Crippen LogP contribution in [0.25, 0.3) is 0 Å². The number of halogens is 1. The summed E-state index contributed by atoms with van der Waals surface area (Å²) >= 11 is 7.87. The highest BCUT2D eigenvalue weighted by molar-refractivity contribution is 7.99. The number of ether oxygens (including phenoxy) is 1. The zero-order chi connectivity index (χ0) is 11.1. The molecule has 15 heavy (non-hydrogen) atoms. The van der Waals surface area contributed by atoms with Crippen LogP contribution in [0.4, 0.5) is 5.69 Å². The molecule has 0 aliphatic carbocycles. The van der Waals surface area contributed by atoms with Crippen LogP contribution in [-0.2, 0) is 0 Å². The third kappa shape index (κ3) is 4.22. The molecule has 1 aromatic rings. The molecule has 0 saturated carbocycles. The van der Waals surface area contributed by atoms with Gasteiger partial charge in [-0.05, 0) is 30.1 Å². The summed E-state index contributed by atoms with van der Waals surface area (Å²) in [4.78, 5) is 0. The Balaban J connectivity index is 2.37. The Morgan fingerprint density at radius 3 is 2.93 bits per heavy atom. The van der Waals surface area contributed by atoms with Gasteiger partial charge in [0.2, 0.25) is 0 Å². The van der Waals surface area contributed by atoms with Crippen LogP contribution >= 0.6 is 23.4 Å². The number of nitrogen functional groups attached to an aromatic ring is 1. The molecule has 0 fully saturated rings. The summed E-state index contributed by atoms with van der Waals surface area (Å²) in [5, 5.41) is 0.582. The van der Waals surface area contributed by atoms with E-state index in [9.17, 15) is 0 Å². The molecule has 0 unspecified atom stereocenters. The average molecular weight is 246 g/mol. The lowest BCUT2D eigenvalue weighted by Crippen LogP contribution is -2.02. The number of rotatable bonds is 6. The topological polar surface area (TPSA) is 35.2 Å². The van der Waals surface area contributed by atoms with E-state index in [4.69, 9.17) is 22.1 Å². The highest BCUT2D eigenvalue weighted by atomic mass is 35.5. The number of thioether (sulfide) groups is 1. The molecular formula is C11H16ClNOS. The summed E-state index contributed by atoms with van der Waals surface area (Å²) in [6, 6.07) is 5.40. The van der Waals surface area contributed by atoms with Gasteiger partial charge in [-0.15, -0.1) is 0 Å². The molecule has 2 nitrogen and oxygen atoms in total. The first-order chi connectivity index (χ1) is 7.25. The molecule has 0 saturated heterocycles. The van der Waals surface area contributed by atoms with E-state index in [1.807, 2.05) is 17.8 Å². The zero-order valence-corrected chi connectivity index (χ0v) is 10.4. The van der Waals surface area contributed by atoms with E-state index in [2.05, 4.69) is 6.92 Å². The van der Waals surface area contributed by atoms with Crippen LogP contribution in [0, 0.1) is 0 Å². The van der Waals surface area contributed by atoms with E-state index in [0.29, 0.717) is 23.1 Å². The largest absolute Gasteiger partial charge is 0.490 e. The second-order valence-corrected chi connectivity index (χ2v) is 4.86. The quantitative estimate of drug-likeness (QED) is 0.616. The molecule has 84 valence electrons. The Morgan fingerprint density at radius 2 is 2.27 bits per heavy atom. The van der Waals surface area contributed by atoms with Gasteiger partial charge in [0.05, 0.1) is 17.3 Å². The maximum absolute atomic E-state index is 5.96. The van der Waals surface area contributed by atoms with Gasteiger partial charge >= 0.3 is 0 Å². The number of benzene rings is 1. The first kappa shape index (κ1) is 12.5. The van der Waals surface area contributed by atoms with Crippen LogP contribution in [0.3, 0.4) is 0 Å². The molecule has 0 atom stereocenters. The van der Waals surface area contributed by atoms with Crippen molar-refractivity contribution < 1.29 is 4.74 Å². The second kappa shape index (κ2) is 6.85. The fourth-order valence-corrected chi connectivity index (χ4v) is 2.00. The monoisotopic (exact) mass is 245 g/mol. The SMILES string of the molecule is CCSCCCOc1c(N)cccc1Cl. The number of hydrogen-bond donors (Lipinski definition) is 1. The minimum Gasteiger partial charge on any atom is -0.490 e. The number of para-hydroxylation sites is 1. The van der Waals surface area contributed by atoms with Gasteiger partial charge in [-0.25, -0.2) is 0 Å². The van der Waals surface area contributed by atoms with Crippen molar-refractivity contribution >= 4 is 29.1 Å². The maximum Gasteiger partial charge on any atom is 0.160 e. The molecule has 0 bridgehead atoms. The lowest BCUT2D eigenvalue weighted by Gasteiger charge is -2.09. The van der Waals surface area contributed by atoms with Crippen LogP contribution in [-0.4, -0.2) is 18.1 Å². The van der Waals surface area contributed by atoms with E-state index in [0.717, 1.165) is 17.9 Å². The van der Waals surface area contributed by atoms with Crippen LogP contribution in [0.2, 0.25) is 5.02 Å². The van der Waals surface area contributed by atoms with Crippen molar-refractivity contribution in [2.45, 2.75) is 13.3 Å². The molecule has 2 N–H and O–H groups in total. The fourth-order valence-electron chi connectivity index (χ4n) is 1.16. The van der Waals surface area contributed by atoms with Crippen molar-refractivity contribution in [1.82, 2.24) is 0 Å². The lowest BCUT2D eigenvalue weighted by molar-refractivity contribution is 0.320. The van der Waals surface area contributed by atoms with Gasteiger partial charge in [-0.1, -0.05) is 24.6 Å². The van der Waals surface area contributed by atoms with E-state index in [1.165, 1.54) is 0 Å². The second-order valence-electron chi connectivity index (χ2n) is 3.06. The first-order valence-electron chi connectivity index (χ1n) is 5.00. The van der Waals surface area contributed by atoms with Gasteiger partial charge in [0.25, 0.3) is 0 Å². The highest BCUT2D eigenvalue weighted by Crippen LogP contribution is 2.30. The van der Waals surface area contributed by atoms with E-state index in [-0.39, 0.29) is 0 Å². The molecule has 0 spiro atoms. The fraction of sp³-hybridized carbons (Fsp3) is 0.455. The molecule has 0 aliphatic heterocycles. The van der Waals surface area contributed by atoms with Crippen molar-refractivity contribution in [2.24, 2.45) is 0 Å². The summed E-state index contributed by atoms with van der Waals surface area (Å²) in [5.41, 5.74) is 6.35. The van der Waals surface area contributed by atoms with E-state index >= 15 is 0 Å². The third-order valence-electron chi connectivity index (χ3n) is 1.88. The molecule has 0 aliphatic rings. The smallest absolute Gasteiger partial charge is 0.160 e. The van der Waals surface area contributed by atoms with Crippen LogP contribution < -0.4 is 10.5 Å². The average Bonchev–Trinajstić information content (AvgIpc) is 2.21. The number of hydrogen-bond acceptors (Lipinski definition) is 3. The van der Waals surface area contributed by atoms with Crippen LogP contribution in [0.5, 0.6) is 5.75 Å². The van der Waals surface area contributed by atoms with Gasteiger partial charge in [-0.3, -0.25) is 0 Å². The summed E-state index contributed by atoms with van der Waals surface area (Å²) in [6.45, 7) is 2.82. The molecular weight excluding hydrogens is 230 g/mol. The van der Waals surface area contributed by atoms with Gasteiger partial charge in [0.1, 0.15) is 0 Å². The summed E-state index contributed by atoms with van der Waals surface area (Å²) in [6.07, 6.45) is 1.02. The van der Waals surface area contributed by atoms with E-state index < -0.39 is 0 Å². The Kier molecular flexibility index (Phi) is 5.73. The van der Waals surface area contributed by atoms with Crippen LogP contribution in [0.15, 0.2) is 18.2 Å². The van der Waals surface area contributed by atoms with Crippen molar-refractivity contribution in [3.05, 3.63) is 23.2 Å². The third-order valence-corrected chi connectivity index (χ3v) is 3.16. The number of anilines is 1. The van der Waals surface area contributed by atoms with Gasteiger partial charge < -0.3 is 10.5 Å². The maximum atomic E-state index is 5.96. The summed E-state index contributed by atoms with van der Waals surface area (Å²) in [5.74, 6) is 2.87. The van der Waals surface area contributed by atoms with Gasteiger partial charge in [-0.2, -0.15) is 11.8 Å². The normalized spacial score (nSPS) is 10.3. The molecule has 0 aromatic heterocycles. The lowest BCUT2D eigenvalue weighted by atomic mass is 10.3. The minimum atomic E-state index is 0.582. The highest BCUT2D eigenvalue weighted by Gasteiger charge is 2.04. The number of nitrogens with two attached hydrogens (primary N) is 1. The van der Waals surface area contributed by atoms with Crippen molar-refractivity contribution in [1.29, 1.82) is 0 Å². The zero-order valence-electron chi connectivity index (χ0n) is 8.83. The van der Waals surface area contributed by atoms with Crippen LogP contribution in [0.1, 0.15) is 13.3 Å². The molecule has 1 aromatic carbocycles. The molecule has 0 amide bonds. The van der Waals surface area contributed by atoms with Crippen molar-refractivity contribution in [2.75, 3.05) is 23.8 Å². The summed E-state index contributed by atoms with van der Waals surface area (Å²) in [7, 11) is 0. The molecule has 0 radical (unpaired) electrons. The Hall–Kier alpha value is -0.540. The van der Waals surface area contributed by atoms with Crippen molar-refractivity contribution in [3.8, 4) is 5.75 Å². The minimum absolute atomic E-state index is 0.582. The van der Waals surface area contributed by atoms with E-state index in [1.54, 1.807) is 12.1 Å². The molecule has 4 heteroatoms. The predicted octanol–water partition coefficient (Wildman–Crippen LogP) is 3.44. The predicted molar refractivity (Wildman–Crippen MR) is 69.0 cm³/mol. The standard InChI is InChI=1S/C11H16ClNOS/c1-2-15-8-4-7-14-11-9(12)5-3-6-10(11)13/h3,5-6H,2,4,7-8,13H2,1H3. The van der Waals surface area contributed by atoms with Crippen molar-refractivity contribution in [3.63, 3.8) is 0 Å².